The van der Waals surface area contributed by atoms with Crippen molar-refractivity contribution in [2.24, 2.45) is 5.92 Å². The molecule has 0 bridgehead atoms. The zero-order chi connectivity index (χ0) is 11.4. The molecule has 1 aromatic rings. The number of hydrogen-bond acceptors (Lipinski definition) is 2. The van der Waals surface area contributed by atoms with Gasteiger partial charge < -0.3 is 10.0 Å². The molecule has 0 spiro atoms. The molecule has 2 nitrogen and oxygen atoms in total. The van der Waals surface area contributed by atoms with Crippen molar-refractivity contribution in [3.63, 3.8) is 0 Å². The molecule has 1 saturated heterocycles. The van der Waals surface area contributed by atoms with Gasteiger partial charge in [0.2, 0.25) is 0 Å². The molecule has 1 heterocycles. The first-order chi connectivity index (χ1) is 7.75. The van der Waals surface area contributed by atoms with Gasteiger partial charge in [-0.25, -0.2) is 0 Å². The Kier molecular flexibility index (Phi) is 3.83. The fourth-order valence-corrected chi connectivity index (χ4v) is 2.55. The van der Waals surface area contributed by atoms with E-state index in [0.717, 1.165) is 19.5 Å². The molecule has 88 valence electrons. The van der Waals surface area contributed by atoms with E-state index >= 15 is 0 Å². The highest BCUT2D eigenvalue weighted by molar-refractivity contribution is 5.46. The molecule has 1 fully saturated rings. The van der Waals surface area contributed by atoms with E-state index < -0.39 is 0 Å². The second-order valence-corrected chi connectivity index (χ2v) is 4.85. The third-order valence-electron chi connectivity index (χ3n) is 3.41. The molecule has 2 rings (SSSR count). The SMILES string of the molecule is CC(O)CC1CCN(c2ccccc2)CC1. The Morgan fingerprint density at radius 2 is 1.88 bits per heavy atom. The van der Waals surface area contributed by atoms with Crippen LogP contribution in [0.1, 0.15) is 26.2 Å². The number of aliphatic hydroxyl groups is 1. The Hall–Kier alpha value is -1.02. The van der Waals surface area contributed by atoms with E-state index in [-0.39, 0.29) is 6.10 Å². The first-order valence-electron chi connectivity index (χ1n) is 6.24. The minimum absolute atomic E-state index is 0.145. The van der Waals surface area contributed by atoms with Gasteiger partial charge in [-0.3, -0.25) is 0 Å². The van der Waals surface area contributed by atoms with Crippen molar-refractivity contribution >= 4 is 5.69 Å². The quantitative estimate of drug-likeness (QED) is 0.845. The second kappa shape index (κ2) is 5.35. The van der Waals surface area contributed by atoms with Crippen LogP contribution in [-0.2, 0) is 0 Å². The van der Waals surface area contributed by atoms with Gasteiger partial charge in [0.1, 0.15) is 0 Å². The summed E-state index contributed by atoms with van der Waals surface area (Å²) in [5, 5.41) is 9.37. The topological polar surface area (TPSA) is 23.5 Å². The van der Waals surface area contributed by atoms with Gasteiger partial charge in [-0.05, 0) is 44.2 Å². The molecule has 0 aliphatic carbocycles. The Morgan fingerprint density at radius 3 is 2.44 bits per heavy atom. The van der Waals surface area contributed by atoms with Gasteiger partial charge in [0.15, 0.2) is 0 Å². The molecular formula is C14H21NO. The van der Waals surface area contributed by atoms with E-state index in [1.165, 1.54) is 18.5 Å². The van der Waals surface area contributed by atoms with Crippen molar-refractivity contribution in [3.8, 4) is 0 Å². The first-order valence-corrected chi connectivity index (χ1v) is 6.24. The predicted molar refractivity (Wildman–Crippen MR) is 67.7 cm³/mol. The molecule has 0 amide bonds. The lowest BCUT2D eigenvalue weighted by Crippen LogP contribution is -2.34. The van der Waals surface area contributed by atoms with E-state index in [2.05, 4.69) is 35.2 Å². The zero-order valence-electron chi connectivity index (χ0n) is 9.97. The van der Waals surface area contributed by atoms with Crippen LogP contribution in [0.3, 0.4) is 0 Å². The van der Waals surface area contributed by atoms with Gasteiger partial charge in [0.05, 0.1) is 6.10 Å². The molecule has 1 aliphatic heterocycles. The van der Waals surface area contributed by atoms with E-state index in [0.29, 0.717) is 5.92 Å². The van der Waals surface area contributed by atoms with Crippen molar-refractivity contribution in [2.45, 2.75) is 32.3 Å². The normalized spacial score (nSPS) is 19.8. The van der Waals surface area contributed by atoms with Crippen molar-refractivity contribution in [3.05, 3.63) is 30.3 Å². The van der Waals surface area contributed by atoms with Crippen molar-refractivity contribution in [2.75, 3.05) is 18.0 Å². The fraction of sp³-hybridized carbons (Fsp3) is 0.571. The van der Waals surface area contributed by atoms with E-state index in [4.69, 9.17) is 0 Å². The maximum Gasteiger partial charge on any atom is 0.0514 e. The molecule has 1 aromatic carbocycles. The number of para-hydroxylation sites is 1. The summed E-state index contributed by atoms with van der Waals surface area (Å²) < 4.78 is 0. The first kappa shape index (κ1) is 11.5. The molecule has 16 heavy (non-hydrogen) atoms. The second-order valence-electron chi connectivity index (χ2n) is 4.85. The Balaban J connectivity index is 1.86. The summed E-state index contributed by atoms with van der Waals surface area (Å²) >= 11 is 0. The Labute approximate surface area is 97.9 Å². The Morgan fingerprint density at radius 1 is 1.25 bits per heavy atom. The summed E-state index contributed by atoms with van der Waals surface area (Å²) in [6.07, 6.45) is 3.23. The highest BCUT2D eigenvalue weighted by Gasteiger charge is 2.20. The monoisotopic (exact) mass is 219 g/mol. The largest absolute Gasteiger partial charge is 0.393 e. The maximum absolute atomic E-state index is 9.37. The zero-order valence-corrected chi connectivity index (χ0v) is 9.97. The lowest BCUT2D eigenvalue weighted by Gasteiger charge is -2.34. The number of nitrogens with zero attached hydrogens (tertiary/aromatic N) is 1. The summed E-state index contributed by atoms with van der Waals surface area (Å²) in [7, 11) is 0. The van der Waals surface area contributed by atoms with Gasteiger partial charge in [-0.15, -0.1) is 0 Å². The number of benzene rings is 1. The van der Waals surface area contributed by atoms with Crippen LogP contribution in [0, 0.1) is 5.92 Å². The van der Waals surface area contributed by atoms with Gasteiger partial charge in [0, 0.05) is 18.8 Å². The number of aliphatic hydroxyl groups excluding tert-OH is 1. The van der Waals surface area contributed by atoms with Crippen LogP contribution in [0.15, 0.2) is 30.3 Å². The third kappa shape index (κ3) is 2.99. The lowest BCUT2D eigenvalue weighted by atomic mass is 9.91. The number of piperidine rings is 1. The van der Waals surface area contributed by atoms with Crippen molar-refractivity contribution in [1.82, 2.24) is 0 Å². The van der Waals surface area contributed by atoms with Crippen molar-refractivity contribution < 1.29 is 5.11 Å². The van der Waals surface area contributed by atoms with Crippen LogP contribution in [-0.4, -0.2) is 24.3 Å². The van der Waals surface area contributed by atoms with Gasteiger partial charge in [-0.2, -0.15) is 0 Å². The van der Waals surface area contributed by atoms with E-state index in [1.54, 1.807) is 0 Å². The van der Waals surface area contributed by atoms with Crippen LogP contribution in [0.5, 0.6) is 0 Å². The maximum atomic E-state index is 9.37. The molecule has 1 N–H and O–H groups in total. The van der Waals surface area contributed by atoms with E-state index in [1.807, 2.05) is 6.92 Å². The number of anilines is 1. The predicted octanol–water partition coefficient (Wildman–Crippen LogP) is 2.67. The fourth-order valence-electron chi connectivity index (χ4n) is 2.55. The third-order valence-corrected chi connectivity index (χ3v) is 3.41. The minimum atomic E-state index is -0.145. The summed E-state index contributed by atoms with van der Waals surface area (Å²) in [6.45, 7) is 4.15. The van der Waals surface area contributed by atoms with Crippen LogP contribution in [0.4, 0.5) is 5.69 Å². The van der Waals surface area contributed by atoms with Crippen LogP contribution >= 0.6 is 0 Å². The highest BCUT2D eigenvalue weighted by atomic mass is 16.3. The minimum Gasteiger partial charge on any atom is -0.393 e. The molecule has 1 unspecified atom stereocenters. The summed E-state index contributed by atoms with van der Waals surface area (Å²) in [5.74, 6) is 0.708. The average Bonchev–Trinajstić information content (AvgIpc) is 2.30. The average molecular weight is 219 g/mol. The summed E-state index contributed by atoms with van der Waals surface area (Å²) in [4.78, 5) is 2.44. The molecule has 0 saturated carbocycles. The van der Waals surface area contributed by atoms with Gasteiger partial charge in [-0.1, -0.05) is 18.2 Å². The van der Waals surface area contributed by atoms with Gasteiger partial charge in [0.25, 0.3) is 0 Å². The van der Waals surface area contributed by atoms with Gasteiger partial charge >= 0.3 is 0 Å². The van der Waals surface area contributed by atoms with E-state index in [9.17, 15) is 5.11 Å². The highest BCUT2D eigenvalue weighted by Crippen LogP contribution is 2.25. The molecular weight excluding hydrogens is 198 g/mol. The number of hydrogen-bond donors (Lipinski definition) is 1. The molecule has 0 aromatic heterocycles. The van der Waals surface area contributed by atoms with Crippen LogP contribution < -0.4 is 4.90 Å². The Bertz CT molecular complexity index is 302. The smallest absolute Gasteiger partial charge is 0.0514 e. The number of rotatable bonds is 3. The lowest BCUT2D eigenvalue weighted by molar-refractivity contribution is 0.152. The summed E-state index contributed by atoms with van der Waals surface area (Å²) in [6, 6.07) is 10.6. The van der Waals surface area contributed by atoms with Crippen molar-refractivity contribution in [1.29, 1.82) is 0 Å². The molecule has 2 heteroatoms. The van der Waals surface area contributed by atoms with Crippen LogP contribution in [0.2, 0.25) is 0 Å². The van der Waals surface area contributed by atoms with Crippen LogP contribution in [0.25, 0.3) is 0 Å². The molecule has 0 radical (unpaired) electrons. The summed E-state index contributed by atoms with van der Waals surface area (Å²) in [5.41, 5.74) is 1.33. The molecule has 1 aliphatic rings. The standard InChI is InChI=1S/C14H21NO/c1-12(16)11-13-7-9-15(10-8-13)14-5-3-2-4-6-14/h2-6,12-13,16H,7-11H2,1H3. The molecule has 1 atom stereocenters.